The lowest BCUT2D eigenvalue weighted by Crippen LogP contribution is -2.43. The highest BCUT2D eigenvalue weighted by Crippen LogP contribution is 2.23. The van der Waals surface area contributed by atoms with Crippen molar-refractivity contribution in [3.63, 3.8) is 0 Å². The van der Waals surface area contributed by atoms with Crippen LogP contribution >= 0.6 is 0 Å². The van der Waals surface area contributed by atoms with Crippen molar-refractivity contribution in [3.05, 3.63) is 95.1 Å². The number of nitrogens with one attached hydrogen (secondary N) is 3. The molecule has 2 amide bonds. The number of ether oxygens (including phenoxy) is 2. The number of phenolic OH excluding ortho intramolecular Hbond substituents is 1. The van der Waals surface area contributed by atoms with Crippen LogP contribution in [0.1, 0.15) is 47.8 Å². The molecule has 0 aliphatic rings. The fraction of sp³-hybridized carbons (Fsp3) is 0.300. The lowest BCUT2D eigenvalue weighted by atomic mass is 10.1. The third-order valence-electron chi connectivity index (χ3n) is 5.67. The number of benzene rings is 3. The van der Waals surface area contributed by atoms with Crippen molar-refractivity contribution >= 4 is 23.7 Å². The molecule has 0 spiro atoms. The molecule has 0 heterocycles. The second-order valence-electron chi connectivity index (χ2n) is 10.00. The quantitative estimate of drug-likeness (QED) is 0.282. The van der Waals surface area contributed by atoms with Crippen LogP contribution in [-0.2, 0) is 33.8 Å². The third kappa shape index (κ3) is 9.37. The Labute approximate surface area is 228 Å². The number of carbonyl (C=O) groups is 3. The van der Waals surface area contributed by atoms with Gasteiger partial charge in [0.15, 0.2) is 0 Å². The van der Waals surface area contributed by atoms with E-state index in [1.54, 1.807) is 6.07 Å². The first-order chi connectivity index (χ1) is 18.5. The first kappa shape index (κ1) is 29.0. The van der Waals surface area contributed by atoms with Crippen LogP contribution in [0.3, 0.4) is 0 Å². The largest absolute Gasteiger partial charge is 0.507 e. The zero-order valence-corrected chi connectivity index (χ0v) is 22.6. The van der Waals surface area contributed by atoms with Gasteiger partial charge in [-0.05, 0) is 49.6 Å². The van der Waals surface area contributed by atoms with Crippen LogP contribution < -0.4 is 16.0 Å². The number of esters is 1. The first-order valence-electron chi connectivity index (χ1n) is 12.6. The number of phenols is 1. The Morgan fingerprint density at radius 2 is 1.51 bits per heavy atom. The summed E-state index contributed by atoms with van der Waals surface area (Å²) in [6.07, 6.45) is -0.211. The van der Waals surface area contributed by atoms with E-state index in [9.17, 15) is 19.5 Å². The summed E-state index contributed by atoms with van der Waals surface area (Å²) < 4.78 is 10.1. The summed E-state index contributed by atoms with van der Waals surface area (Å²) in [5, 5.41) is 19.1. The summed E-state index contributed by atoms with van der Waals surface area (Å²) in [5.41, 5.74) is 2.89. The van der Waals surface area contributed by atoms with Gasteiger partial charge in [-0.15, -0.1) is 0 Å². The number of hydrogen-bond donors (Lipinski definition) is 4. The average molecular weight is 534 g/mol. The van der Waals surface area contributed by atoms with Crippen molar-refractivity contribution in [2.75, 3.05) is 12.4 Å². The molecule has 0 radical (unpaired) electrons. The standard InChI is InChI=1S/C30H35N3O6/c1-30(2,3)39-29(37)32-19-22-12-10-21(11-13-22)18-31-23-14-15-24(26(34)17-23)27(35)33-25(28(36)38-4)16-20-8-6-5-7-9-20/h5-15,17,25,31,34H,16,18-19H2,1-4H3,(H,32,37)(H,33,35)/t25-/m0/s1. The van der Waals surface area contributed by atoms with Crippen LogP contribution in [0.15, 0.2) is 72.8 Å². The summed E-state index contributed by atoms with van der Waals surface area (Å²) in [4.78, 5) is 36.9. The molecular weight excluding hydrogens is 498 g/mol. The molecule has 1 atom stereocenters. The molecule has 0 bridgehead atoms. The highest BCUT2D eigenvalue weighted by Gasteiger charge is 2.24. The maximum Gasteiger partial charge on any atom is 0.407 e. The molecule has 0 saturated heterocycles. The van der Waals surface area contributed by atoms with Crippen molar-refractivity contribution in [2.24, 2.45) is 0 Å². The molecule has 4 N–H and O–H groups in total. The number of anilines is 1. The number of alkyl carbamates (subject to hydrolysis) is 1. The molecule has 0 fully saturated rings. The lowest BCUT2D eigenvalue weighted by molar-refractivity contribution is -0.142. The third-order valence-corrected chi connectivity index (χ3v) is 5.67. The molecule has 3 aromatic carbocycles. The lowest BCUT2D eigenvalue weighted by Gasteiger charge is -2.19. The second kappa shape index (κ2) is 13.3. The molecule has 3 rings (SSSR count). The van der Waals surface area contributed by atoms with E-state index >= 15 is 0 Å². The van der Waals surface area contributed by atoms with Crippen LogP contribution in [0.2, 0.25) is 0 Å². The number of amides is 2. The topological polar surface area (TPSA) is 126 Å². The van der Waals surface area contributed by atoms with Crippen molar-refractivity contribution in [1.82, 2.24) is 10.6 Å². The number of carbonyl (C=O) groups excluding carboxylic acids is 3. The highest BCUT2D eigenvalue weighted by molar-refractivity contribution is 5.99. The molecule has 3 aromatic rings. The summed E-state index contributed by atoms with van der Waals surface area (Å²) in [7, 11) is 1.26. The smallest absolute Gasteiger partial charge is 0.407 e. The molecule has 206 valence electrons. The van der Waals surface area contributed by atoms with Gasteiger partial charge in [-0.25, -0.2) is 9.59 Å². The fourth-order valence-corrected chi connectivity index (χ4v) is 3.72. The van der Waals surface area contributed by atoms with Crippen molar-refractivity contribution in [2.45, 2.75) is 51.9 Å². The minimum atomic E-state index is -0.899. The van der Waals surface area contributed by atoms with Gasteiger partial charge < -0.3 is 30.5 Å². The molecule has 0 aliphatic carbocycles. The molecule has 0 aliphatic heterocycles. The summed E-state index contributed by atoms with van der Waals surface area (Å²) in [5.74, 6) is -1.37. The molecule has 0 aromatic heterocycles. The second-order valence-corrected chi connectivity index (χ2v) is 10.00. The summed E-state index contributed by atoms with van der Waals surface area (Å²) in [6.45, 7) is 6.26. The maximum absolute atomic E-state index is 12.8. The number of methoxy groups -OCH3 is 1. The van der Waals surface area contributed by atoms with Crippen molar-refractivity contribution in [3.8, 4) is 5.75 Å². The normalized spacial score (nSPS) is 11.7. The number of aromatic hydroxyl groups is 1. The summed E-state index contributed by atoms with van der Waals surface area (Å²) in [6, 6.07) is 20.7. The van der Waals surface area contributed by atoms with Gasteiger partial charge in [0.2, 0.25) is 0 Å². The Morgan fingerprint density at radius 3 is 2.10 bits per heavy atom. The van der Waals surface area contributed by atoms with Gasteiger partial charge in [0.05, 0.1) is 12.7 Å². The monoisotopic (exact) mass is 533 g/mol. The minimum absolute atomic E-state index is 0.0457. The molecular formula is C30H35N3O6. The molecule has 9 heteroatoms. The molecule has 9 nitrogen and oxygen atoms in total. The Morgan fingerprint density at radius 1 is 0.872 bits per heavy atom. The number of hydrogen-bond acceptors (Lipinski definition) is 7. The van der Waals surface area contributed by atoms with E-state index in [1.807, 2.05) is 75.4 Å². The van der Waals surface area contributed by atoms with Crippen LogP contribution in [0.4, 0.5) is 10.5 Å². The predicted molar refractivity (Wildman–Crippen MR) is 148 cm³/mol. The van der Waals surface area contributed by atoms with E-state index in [2.05, 4.69) is 16.0 Å². The van der Waals surface area contributed by atoms with Gasteiger partial charge in [-0.3, -0.25) is 4.79 Å². The Hall–Kier alpha value is -4.53. The summed E-state index contributed by atoms with van der Waals surface area (Å²) >= 11 is 0. The Kier molecular flexibility index (Phi) is 9.92. The predicted octanol–water partition coefficient (Wildman–Crippen LogP) is 4.54. The van der Waals surface area contributed by atoms with E-state index < -0.39 is 29.6 Å². The van der Waals surface area contributed by atoms with Crippen LogP contribution in [0.25, 0.3) is 0 Å². The van der Waals surface area contributed by atoms with Gasteiger partial charge in [0, 0.05) is 31.3 Å². The molecule has 0 unspecified atom stereocenters. The van der Waals surface area contributed by atoms with Crippen LogP contribution in [0, 0.1) is 0 Å². The minimum Gasteiger partial charge on any atom is -0.507 e. The number of rotatable bonds is 10. The molecule has 0 saturated carbocycles. The average Bonchev–Trinajstić information content (AvgIpc) is 2.90. The van der Waals surface area contributed by atoms with E-state index in [-0.39, 0.29) is 17.7 Å². The van der Waals surface area contributed by atoms with Gasteiger partial charge in [-0.2, -0.15) is 0 Å². The van der Waals surface area contributed by atoms with Crippen LogP contribution in [0.5, 0.6) is 5.75 Å². The first-order valence-corrected chi connectivity index (χ1v) is 12.6. The van der Waals surface area contributed by atoms with Crippen LogP contribution in [-0.4, -0.2) is 41.8 Å². The van der Waals surface area contributed by atoms with Gasteiger partial charge in [0.25, 0.3) is 5.91 Å². The zero-order valence-electron chi connectivity index (χ0n) is 22.6. The fourth-order valence-electron chi connectivity index (χ4n) is 3.72. The van der Waals surface area contributed by atoms with Gasteiger partial charge in [-0.1, -0.05) is 54.6 Å². The zero-order chi connectivity index (χ0) is 28.4. The van der Waals surface area contributed by atoms with Gasteiger partial charge >= 0.3 is 12.1 Å². The van der Waals surface area contributed by atoms with E-state index in [0.29, 0.717) is 18.8 Å². The Balaban J connectivity index is 1.55. The van der Waals surface area contributed by atoms with Crippen molar-refractivity contribution in [1.29, 1.82) is 0 Å². The SMILES string of the molecule is COC(=O)[C@H](Cc1ccccc1)NC(=O)c1ccc(NCc2ccc(CNC(=O)OC(C)(C)C)cc2)cc1O. The van der Waals surface area contributed by atoms with E-state index in [4.69, 9.17) is 9.47 Å². The van der Waals surface area contributed by atoms with Gasteiger partial charge in [0.1, 0.15) is 17.4 Å². The molecule has 39 heavy (non-hydrogen) atoms. The maximum atomic E-state index is 12.8. The Bertz CT molecular complexity index is 1270. The van der Waals surface area contributed by atoms with E-state index in [0.717, 1.165) is 16.7 Å². The highest BCUT2D eigenvalue weighted by atomic mass is 16.6. The van der Waals surface area contributed by atoms with E-state index in [1.165, 1.54) is 19.2 Å². The van der Waals surface area contributed by atoms with Crippen molar-refractivity contribution < 1.29 is 29.0 Å².